The van der Waals surface area contributed by atoms with Gasteiger partial charge in [-0.1, -0.05) is 50.8 Å². The zero-order valence-corrected chi connectivity index (χ0v) is 12.5. The van der Waals surface area contributed by atoms with Crippen LogP contribution in [0.3, 0.4) is 0 Å². The van der Waals surface area contributed by atoms with Gasteiger partial charge < -0.3 is 10.2 Å². The van der Waals surface area contributed by atoms with E-state index in [1.165, 1.54) is 43.4 Å². The second-order valence-corrected chi connectivity index (χ2v) is 5.70. The minimum Gasteiger partial charge on any atom is -0.367 e. The molecule has 1 aromatic carbocycles. The van der Waals surface area contributed by atoms with Gasteiger partial charge in [0.05, 0.1) is 0 Å². The molecular formula is C17H28N2. The van der Waals surface area contributed by atoms with Gasteiger partial charge in [0, 0.05) is 31.4 Å². The largest absolute Gasteiger partial charge is 0.367 e. The van der Waals surface area contributed by atoms with E-state index < -0.39 is 0 Å². The number of fused-ring (bicyclic) bond motifs is 1. The lowest BCUT2D eigenvalue weighted by molar-refractivity contribution is 0.534. The van der Waals surface area contributed by atoms with Crippen LogP contribution >= 0.6 is 0 Å². The molecule has 1 aromatic rings. The maximum Gasteiger partial charge on any atom is 0.0414 e. The number of hydrogen-bond acceptors (Lipinski definition) is 2. The quantitative estimate of drug-likeness (QED) is 0.779. The first-order chi connectivity index (χ1) is 9.33. The number of nitrogens with one attached hydrogen (secondary N) is 1. The Balaban J connectivity index is 1.98. The minimum absolute atomic E-state index is 0.651. The van der Waals surface area contributed by atoms with E-state index in [-0.39, 0.29) is 0 Å². The number of anilines is 1. The molecule has 1 aliphatic rings. The van der Waals surface area contributed by atoms with Gasteiger partial charge in [0.25, 0.3) is 0 Å². The highest BCUT2D eigenvalue weighted by Gasteiger charge is 2.18. The van der Waals surface area contributed by atoms with Crippen LogP contribution in [-0.4, -0.2) is 19.1 Å². The molecule has 0 saturated heterocycles. The second-order valence-electron chi connectivity index (χ2n) is 5.70. The minimum atomic E-state index is 0.651. The Labute approximate surface area is 118 Å². The molecule has 0 aliphatic carbocycles. The second kappa shape index (κ2) is 7.54. The van der Waals surface area contributed by atoms with Crippen molar-refractivity contribution in [3.63, 3.8) is 0 Å². The summed E-state index contributed by atoms with van der Waals surface area (Å²) in [5.74, 6) is 0. The van der Waals surface area contributed by atoms with Crippen molar-refractivity contribution in [3.05, 3.63) is 29.8 Å². The van der Waals surface area contributed by atoms with Gasteiger partial charge in [0.1, 0.15) is 0 Å². The van der Waals surface area contributed by atoms with Crippen LogP contribution in [0.5, 0.6) is 0 Å². The van der Waals surface area contributed by atoms with Crippen LogP contribution < -0.4 is 10.2 Å². The van der Waals surface area contributed by atoms with E-state index in [1.807, 2.05) is 0 Å². The van der Waals surface area contributed by atoms with E-state index in [2.05, 4.69) is 48.3 Å². The smallest absolute Gasteiger partial charge is 0.0414 e. The van der Waals surface area contributed by atoms with Crippen LogP contribution in [0.4, 0.5) is 5.69 Å². The number of nitrogens with zero attached hydrogens (tertiary/aromatic N) is 1. The first kappa shape index (κ1) is 14.4. The van der Waals surface area contributed by atoms with Crippen molar-refractivity contribution in [1.82, 2.24) is 5.32 Å². The van der Waals surface area contributed by atoms with Crippen molar-refractivity contribution < 1.29 is 0 Å². The van der Waals surface area contributed by atoms with Crippen LogP contribution in [0.1, 0.15) is 51.5 Å². The Bertz CT molecular complexity index is 375. The highest BCUT2D eigenvalue weighted by molar-refractivity contribution is 5.55. The summed E-state index contributed by atoms with van der Waals surface area (Å²) in [4.78, 5) is 2.60. The van der Waals surface area contributed by atoms with Crippen molar-refractivity contribution in [3.8, 4) is 0 Å². The van der Waals surface area contributed by atoms with E-state index in [0.29, 0.717) is 6.04 Å². The fraction of sp³-hybridized carbons (Fsp3) is 0.647. The molecule has 0 fully saturated rings. The number of hydrogen-bond donors (Lipinski definition) is 1. The fourth-order valence-corrected chi connectivity index (χ4v) is 2.96. The van der Waals surface area contributed by atoms with Gasteiger partial charge in [0.2, 0.25) is 0 Å². The molecule has 2 nitrogen and oxygen atoms in total. The lowest BCUT2D eigenvalue weighted by Crippen LogP contribution is -2.36. The fourth-order valence-electron chi connectivity index (χ4n) is 2.96. The average molecular weight is 260 g/mol. The molecule has 19 heavy (non-hydrogen) atoms. The zero-order chi connectivity index (χ0) is 13.5. The number of benzene rings is 1. The Kier molecular flexibility index (Phi) is 5.71. The van der Waals surface area contributed by atoms with Gasteiger partial charge in [-0.2, -0.15) is 0 Å². The molecule has 106 valence electrons. The predicted octanol–water partition coefficient (Wildman–Crippen LogP) is 3.96. The van der Waals surface area contributed by atoms with Crippen LogP contribution in [0.15, 0.2) is 24.3 Å². The van der Waals surface area contributed by atoms with E-state index in [9.17, 15) is 0 Å². The molecule has 0 bridgehead atoms. The van der Waals surface area contributed by atoms with E-state index in [1.54, 1.807) is 0 Å². The summed E-state index contributed by atoms with van der Waals surface area (Å²) in [5.41, 5.74) is 2.89. The molecule has 1 heterocycles. The first-order valence-corrected chi connectivity index (χ1v) is 7.88. The molecule has 0 radical (unpaired) electrons. The Morgan fingerprint density at radius 2 is 2.05 bits per heavy atom. The summed E-state index contributed by atoms with van der Waals surface area (Å²) < 4.78 is 0. The number of rotatable bonds is 6. The third-order valence-corrected chi connectivity index (χ3v) is 4.15. The molecule has 2 heteroatoms. The molecule has 0 aromatic heterocycles. The van der Waals surface area contributed by atoms with Gasteiger partial charge in [-0.25, -0.2) is 0 Å². The summed E-state index contributed by atoms with van der Waals surface area (Å²) in [6, 6.07) is 9.50. The lowest BCUT2D eigenvalue weighted by Gasteiger charge is -2.31. The zero-order valence-electron chi connectivity index (χ0n) is 12.5. The third-order valence-electron chi connectivity index (χ3n) is 4.15. The summed E-state index contributed by atoms with van der Waals surface area (Å²) in [5, 5.41) is 3.52. The highest BCUT2D eigenvalue weighted by atomic mass is 15.2. The monoisotopic (exact) mass is 260 g/mol. The molecule has 0 amide bonds. The molecular weight excluding hydrogens is 232 g/mol. The van der Waals surface area contributed by atoms with E-state index in [4.69, 9.17) is 0 Å². The van der Waals surface area contributed by atoms with Crippen molar-refractivity contribution in [1.29, 1.82) is 0 Å². The average Bonchev–Trinajstić information content (AvgIpc) is 2.66. The van der Waals surface area contributed by atoms with E-state index in [0.717, 1.165) is 19.6 Å². The molecule has 2 rings (SSSR count). The summed E-state index contributed by atoms with van der Waals surface area (Å²) >= 11 is 0. The summed E-state index contributed by atoms with van der Waals surface area (Å²) in [6.45, 7) is 7.89. The van der Waals surface area contributed by atoms with Crippen molar-refractivity contribution in [2.24, 2.45) is 0 Å². The van der Waals surface area contributed by atoms with Crippen molar-refractivity contribution in [2.45, 2.75) is 58.5 Å². The molecule has 1 aliphatic heterocycles. The molecule has 1 atom stereocenters. The highest BCUT2D eigenvalue weighted by Crippen LogP contribution is 2.25. The SMILES string of the molecule is CCCCCCC(C)N1CCNCc2ccccc21. The van der Waals surface area contributed by atoms with Gasteiger partial charge in [-0.3, -0.25) is 0 Å². The van der Waals surface area contributed by atoms with Crippen molar-refractivity contribution >= 4 is 5.69 Å². The summed E-state index contributed by atoms with van der Waals surface area (Å²) in [7, 11) is 0. The van der Waals surface area contributed by atoms with Crippen LogP contribution in [-0.2, 0) is 6.54 Å². The standard InChI is InChI=1S/C17H28N2/c1-3-4-5-6-9-15(2)19-13-12-18-14-16-10-7-8-11-17(16)19/h7-8,10-11,15,18H,3-6,9,12-14H2,1-2H3. The summed E-state index contributed by atoms with van der Waals surface area (Å²) in [6.07, 6.45) is 6.76. The molecule has 1 N–H and O–H groups in total. The first-order valence-electron chi connectivity index (χ1n) is 7.88. The van der Waals surface area contributed by atoms with Gasteiger partial charge in [0.15, 0.2) is 0 Å². The lowest BCUT2D eigenvalue weighted by atomic mass is 10.1. The normalized spacial score (nSPS) is 16.8. The molecule has 1 unspecified atom stereocenters. The number of unbranched alkanes of at least 4 members (excludes halogenated alkanes) is 3. The molecule has 0 spiro atoms. The van der Waals surface area contributed by atoms with Gasteiger partial charge in [-0.15, -0.1) is 0 Å². The van der Waals surface area contributed by atoms with Gasteiger partial charge >= 0.3 is 0 Å². The Hall–Kier alpha value is -1.02. The Morgan fingerprint density at radius 3 is 2.89 bits per heavy atom. The van der Waals surface area contributed by atoms with Crippen LogP contribution in [0.25, 0.3) is 0 Å². The van der Waals surface area contributed by atoms with Gasteiger partial charge in [-0.05, 0) is 25.0 Å². The molecule has 0 saturated carbocycles. The van der Waals surface area contributed by atoms with Crippen molar-refractivity contribution in [2.75, 3.05) is 18.0 Å². The number of para-hydroxylation sites is 1. The third kappa shape index (κ3) is 3.97. The predicted molar refractivity (Wildman–Crippen MR) is 83.7 cm³/mol. The maximum absolute atomic E-state index is 3.52. The Morgan fingerprint density at radius 1 is 1.21 bits per heavy atom. The topological polar surface area (TPSA) is 15.3 Å². The van der Waals surface area contributed by atoms with E-state index >= 15 is 0 Å². The maximum atomic E-state index is 3.52. The van der Waals surface area contributed by atoms with Crippen LogP contribution in [0.2, 0.25) is 0 Å². The van der Waals surface area contributed by atoms with Crippen LogP contribution in [0, 0.1) is 0 Å².